The maximum atomic E-state index is 12.5. The van der Waals surface area contributed by atoms with E-state index in [4.69, 9.17) is 8.83 Å². The molecule has 3 heterocycles. The number of amides is 1. The van der Waals surface area contributed by atoms with Crippen molar-refractivity contribution in [3.63, 3.8) is 0 Å². The largest absolute Gasteiger partial charge is 0.459 e. The summed E-state index contributed by atoms with van der Waals surface area (Å²) in [6, 6.07) is 5.75. The molecule has 30 heavy (non-hydrogen) atoms. The number of carbonyl (C=O) groups excluding carboxylic acids is 1. The van der Waals surface area contributed by atoms with Crippen LogP contribution in [0.3, 0.4) is 0 Å². The molecule has 0 radical (unpaired) electrons. The molecule has 3 aromatic rings. The van der Waals surface area contributed by atoms with Crippen molar-refractivity contribution in [2.45, 2.75) is 45.3 Å². The zero-order valence-corrected chi connectivity index (χ0v) is 18.7. The summed E-state index contributed by atoms with van der Waals surface area (Å²) in [6.07, 6.45) is 4.44. The van der Waals surface area contributed by atoms with Crippen molar-refractivity contribution in [3.05, 3.63) is 34.4 Å². The molecule has 9 heteroatoms. The Kier molecular flexibility index (Phi) is 5.71. The van der Waals surface area contributed by atoms with Gasteiger partial charge in [-0.1, -0.05) is 32.5 Å². The van der Waals surface area contributed by atoms with Crippen LogP contribution in [0.1, 0.15) is 43.2 Å². The van der Waals surface area contributed by atoms with E-state index in [2.05, 4.69) is 42.4 Å². The lowest BCUT2D eigenvalue weighted by Gasteiger charge is -2.33. The van der Waals surface area contributed by atoms with Crippen LogP contribution in [0.15, 0.2) is 32.5 Å². The van der Waals surface area contributed by atoms with E-state index in [1.54, 1.807) is 12.1 Å². The SMILES string of the molecule is CC(C)(C)[C@@H]1CCc2c(sc(NC(=O)CSc3nnc(-c4ccco4)o3)c2C#N)C1. The molecule has 1 amide bonds. The summed E-state index contributed by atoms with van der Waals surface area (Å²) >= 11 is 2.68. The minimum atomic E-state index is -0.208. The molecule has 0 fully saturated rings. The first-order valence-electron chi connectivity index (χ1n) is 9.70. The molecule has 1 aliphatic rings. The minimum absolute atomic E-state index is 0.109. The van der Waals surface area contributed by atoms with Crippen molar-refractivity contribution < 1.29 is 13.6 Å². The molecule has 3 aromatic heterocycles. The second-order valence-corrected chi connectivity index (χ2v) is 10.3. The van der Waals surface area contributed by atoms with Crippen LogP contribution in [0.5, 0.6) is 0 Å². The van der Waals surface area contributed by atoms with Gasteiger partial charge >= 0.3 is 0 Å². The number of nitriles is 1. The summed E-state index contributed by atoms with van der Waals surface area (Å²) in [4.78, 5) is 13.7. The molecule has 0 bridgehead atoms. The Bertz CT molecular complexity index is 1090. The lowest BCUT2D eigenvalue weighted by Crippen LogP contribution is -2.26. The first-order valence-corrected chi connectivity index (χ1v) is 11.5. The van der Waals surface area contributed by atoms with Crippen LogP contribution in [0, 0.1) is 22.7 Å². The Morgan fingerprint density at radius 3 is 2.97 bits per heavy atom. The van der Waals surface area contributed by atoms with Gasteiger partial charge in [-0.05, 0) is 48.3 Å². The molecule has 0 saturated heterocycles. The van der Waals surface area contributed by atoms with Crippen molar-refractivity contribution in [3.8, 4) is 17.7 Å². The summed E-state index contributed by atoms with van der Waals surface area (Å²) in [5, 5.41) is 21.3. The third-order valence-electron chi connectivity index (χ3n) is 5.32. The smallest absolute Gasteiger partial charge is 0.284 e. The van der Waals surface area contributed by atoms with Crippen LogP contribution < -0.4 is 5.32 Å². The van der Waals surface area contributed by atoms with Gasteiger partial charge in [-0.3, -0.25) is 4.79 Å². The molecule has 7 nitrogen and oxygen atoms in total. The van der Waals surface area contributed by atoms with Crippen LogP contribution in [0.2, 0.25) is 0 Å². The van der Waals surface area contributed by atoms with Gasteiger partial charge < -0.3 is 14.2 Å². The number of hydrogen-bond acceptors (Lipinski definition) is 8. The summed E-state index contributed by atoms with van der Waals surface area (Å²) in [7, 11) is 0. The standard InChI is InChI=1S/C21H22N4O3S2/c1-21(2,3)12-6-7-13-14(10-22)19(30-16(13)9-12)23-17(26)11-29-20-25-24-18(28-20)15-5-4-8-27-15/h4-5,8,12H,6-7,9,11H2,1-3H3,(H,23,26)/t12-/m1/s1. The van der Waals surface area contributed by atoms with E-state index in [0.29, 0.717) is 22.2 Å². The van der Waals surface area contributed by atoms with E-state index in [-0.39, 0.29) is 28.2 Å². The van der Waals surface area contributed by atoms with Crippen LogP contribution in [-0.4, -0.2) is 21.9 Å². The number of anilines is 1. The Balaban J connectivity index is 1.40. The van der Waals surface area contributed by atoms with E-state index < -0.39 is 0 Å². The van der Waals surface area contributed by atoms with Gasteiger partial charge in [0.1, 0.15) is 11.1 Å². The van der Waals surface area contributed by atoms with Crippen LogP contribution in [0.25, 0.3) is 11.7 Å². The maximum Gasteiger partial charge on any atom is 0.284 e. The van der Waals surface area contributed by atoms with Gasteiger partial charge in [0.2, 0.25) is 5.91 Å². The Morgan fingerprint density at radius 1 is 1.43 bits per heavy atom. The van der Waals surface area contributed by atoms with Gasteiger partial charge in [0, 0.05) is 4.88 Å². The van der Waals surface area contributed by atoms with Gasteiger partial charge in [-0.15, -0.1) is 21.5 Å². The number of hydrogen-bond donors (Lipinski definition) is 1. The zero-order chi connectivity index (χ0) is 21.3. The number of aromatic nitrogens is 2. The van der Waals surface area contributed by atoms with Crippen molar-refractivity contribution >= 4 is 34.0 Å². The predicted octanol–water partition coefficient (Wildman–Crippen LogP) is 5.14. The molecule has 156 valence electrons. The van der Waals surface area contributed by atoms with Crippen molar-refractivity contribution in [1.29, 1.82) is 5.26 Å². The van der Waals surface area contributed by atoms with Gasteiger partial charge in [-0.2, -0.15) is 5.26 Å². The van der Waals surface area contributed by atoms with Gasteiger partial charge in [0.25, 0.3) is 11.1 Å². The highest BCUT2D eigenvalue weighted by molar-refractivity contribution is 7.99. The summed E-state index contributed by atoms with van der Waals surface area (Å²) in [5.74, 6) is 1.23. The maximum absolute atomic E-state index is 12.5. The lowest BCUT2D eigenvalue weighted by molar-refractivity contribution is -0.113. The fraction of sp³-hybridized carbons (Fsp3) is 0.429. The Hall–Kier alpha value is -2.57. The minimum Gasteiger partial charge on any atom is -0.459 e. The van der Waals surface area contributed by atoms with Gasteiger partial charge in [0.05, 0.1) is 17.6 Å². The van der Waals surface area contributed by atoms with Crippen molar-refractivity contribution in [2.75, 3.05) is 11.1 Å². The van der Waals surface area contributed by atoms with E-state index in [9.17, 15) is 10.1 Å². The van der Waals surface area contributed by atoms with Crippen molar-refractivity contribution in [2.24, 2.45) is 11.3 Å². The monoisotopic (exact) mass is 442 g/mol. The zero-order valence-electron chi connectivity index (χ0n) is 17.0. The number of nitrogens with one attached hydrogen (secondary N) is 1. The van der Waals surface area contributed by atoms with Crippen molar-refractivity contribution in [1.82, 2.24) is 10.2 Å². The quantitative estimate of drug-likeness (QED) is 0.545. The average molecular weight is 443 g/mol. The molecule has 1 N–H and O–H groups in total. The number of nitrogens with zero attached hydrogens (tertiary/aromatic N) is 3. The van der Waals surface area contributed by atoms with E-state index in [1.807, 2.05) is 0 Å². The van der Waals surface area contributed by atoms with Crippen LogP contribution in [0.4, 0.5) is 5.00 Å². The third kappa shape index (κ3) is 4.30. The summed E-state index contributed by atoms with van der Waals surface area (Å²) < 4.78 is 10.7. The molecular formula is C21H22N4O3S2. The summed E-state index contributed by atoms with van der Waals surface area (Å²) in [6.45, 7) is 6.78. The fourth-order valence-corrected chi connectivity index (χ4v) is 5.45. The second kappa shape index (κ2) is 8.28. The predicted molar refractivity (Wildman–Crippen MR) is 115 cm³/mol. The molecule has 0 unspecified atom stereocenters. The van der Waals surface area contributed by atoms with E-state index in [1.165, 1.54) is 22.5 Å². The molecule has 0 saturated carbocycles. The third-order valence-corrected chi connectivity index (χ3v) is 7.31. The highest BCUT2D eigenvalue weighted by Crippen LogP contribution is 2.44. The fourth-order valence-electron chi connectivity index (χ4n) is 3.59. The number of fused-ring (bicyclic) bond motifs is 1. The Labute approximate surface area is 182 Å². The average Bonchev–Trinajstić information content (AvgIpc) is 3.43. The molecule has 4 rings (SSSR count). The van der Waals surface area contributed by atoms with Crippen LogP contribution in [-0.2, 0) is 17.6 Å². The summed E-state index contributed by atoms with van der Waals surface area (Å²) in [5.41, 5.74) is 1.94. The first kappa shape index (κ1) is 20.7. The van der Waals surface area contributed by atoms with E-state index in [0.717, 1.165) is 36.6 Å². The number of rotatable bonds is 5. The first-order chi connectivity index (χ1) is 14.3. The molecule has 0 aromatic carbocycles. The van der Waals surface area contributed by atoms with E-state index >= 15 is 0 Å². The molecule has 1 aliphatic carbocycles. The number of carbonyl (C=O) groups is 1. The lowest BCUT2D eigenvalue weighted by atomic mass is 9.72. The molecular weight excluding hydrogens is 420 g/mol. The molecule has 0 aliphatic heterocycles. The second-order valence-electron chi connectivity index (χ2n) is 8.31. The molecule has 1 atom stereocenters. The van der Waals surface area contributed by atoms with Gasteiger partial charge in [-0.25, -0.2) is 0 Å². The van der Waals surface area contributed by atoms with Crippen LogP contribution >= 0.6 is 23.1 Å². The highest BCUT2D eigenvalue weighted by atomic mass is 32.2. The Morgan fingerprint density at radius 2 is 2.27 bits per heavy atom. The number of thioether (sulfide) groups is 1. The number of thiophene rings is 1. The number of furan rings is 1. The normalized spacial score (nSPS) is 16.1. The highest BCUT2D eigenvalue weighted by Gasteiger charge is 2.32. The topological polar surface area (TPSA) is 105 Å². The van der Waals surface area contributed by atoms with Gasteiger partial charge in [0.15, 0.2) is 5.76 Å². The molecule has 0 spiro atoms.